The quantitative estimate of drug-likeness (QED) is 0.649. The minimum Gasteiger partial charge on any atom is -0.396 e. The van der Waals surface area contributed by atoms with Crippen LogP contribution in [0.25, 0.3) is 0 Å². The standard InChI is InChI=1S/C15H28N4O/c1-5-12(7-8-20)10-17-14-9-13(16-6-2)18-15(19-14)11(3)4/h9,11-12,20H,5-8,10H2,1-4H3,(H2,16,17,18,19). The molecule has 0 aliphatic carbocycles. The highest BCUT2D eigenvalue weighted by Gasteiger charge is 2.10. The Balaban J connectivity index is 2.77. The van der Waals surface area contributed by atoms with Crippen molar-refractivity contribution in [3.63, 3.8) is 0 Å². The molecule has 20 heavy (non-hydrogen) atoms. The Kier molecular flexibility index (Phi) is 7.30. The lowest BCUT2D eigenvalue weighted by Gasteiger charge is -2.16. The van der Waals surface area contributed by atoms with Gasteiger partial charge in [-0.2, -0.15) is 0 Å². The molecule has 0 aliphatic heterocycles. The summed E-state index contributed by atoms with van der Waals surface area (Å²) in [7, 11) is 0. The highest BCUT2D eigenvalue weighted by atomic mass is 16.3. The van der Waals surface area contributed by atoms with Gasteiger partial charge in [0.05, 0.1) is 0 Å². The van der Waals surface area contributed by atoms with Gasteiger partial charge in [-0.25, -0.2) is 9.97 Å². The monoisotopic (exact) mass is 280 g/mol. The zero-order chi connectivity index (χ0) is 15.0. The van der Waals surface area contributed by atoms with Crippen LogP contribution in [0.5, 0.6) is 0 Å². The van der Waals surface area contributed by atoms with Crippen LogP contribution in [0.15, 0.2) is 6.07 Å². The maximum Gasteiger partial charge on any atom is 0.135 e. The highest BCUT2D eigenvalue weighted by Crippen LogP contribution is 2.18. The van der Waals surface area contributed by atoms with Crippen LogP contribution >= 0.6 is 0 Å². The van der Waals surface area contributed by atoms with Crippen LogP contribution < -0.4 is 10.6 Å². The van der Waals surface area contributed by atoms with Crippen molar-refractivity contribution < 1.29 is 5.11 Å². The number of nitrogens with one attached hydrogen (secondary N) is 2. The molecule has 0 saturated heterocycles. The van der Waals surface area contributed by atoms with E-state index in [1.165, 1.54) is 0 Å². The largest absolute Gasteiger partial charge is 0.396 e. The summed E-state index contributed by atoms with van der Waals surface area (Å²) in [6.07, 6.45) is 1.88. The van der Waals surface area contributed by atoms with Gasteiger partial charge in [0, 0.05) is 31.7 Å². The number of aliphatic hydroxyl groups is 1. The fourth-order valence-electron chi connectivity index (χ4n) is 1.97. The predicted molar refractivity (Wildman–Crippen MR) is 84.3 cm³/mol. The Labute approximate surface area is 122 Å². The summed E-state index contributed by atoms with van der Waals surface area (Å²) < 4.78 is 0. The van der Waals surface area contributed by atoms with Gasteiger partial charge in [0.15, 0.2) is 0 Å². The summed E-state index contributed by atoms with van der Waals surface area (Å²) in [6.45, 7) is 10.3. The van der Waals surface area contributed by atoms with Crippen LogP contribution in [0, 0.1) is 5.92 Å². The van der Waals surface area contributed by atoms with Crippen molar-refractivity contribution in [2.75, 3.05) is 30.3 Å². The van der Waals surface area contributed by atoms with Crippen molar-refractivity contribution in [3.05, 3.63) is 11.9 Å². The molecule has 114 valence electrons. The lowest BCUT2D eigenvalue weighted by molar-refractivity contribution is 0.258. The number of aromatic nitrogens is 2. The van der Waals surface area contributed by atoms with E-state index in [0.717, 1.165) is 43.4 Å². The summed E-state index contributed by atoms with van der Waals surface area (Å²) in [5, 5.41) is 15.6. The first kappa shape index (κ1) is 16.7. The number of hydrogen-bond acceptors (Lipinski definition) is 5. The molecule has 0 aliphatic rings. The maximum atomic E-state index is 9.03. The van der Waals surface area contributed by atoms with E-state index in [9.17, 15) is 0 Å². The van der Waals surface area contributed by atoms with Gasteiger partial charge in [0.2, 0.25) is 0 Å². The normalized spacial score (nSPS) is 12.5. The fraction of sp³-hybridized carbons (Fsp3) is 0.733. The van der Waals surface area contributed by atoms with E-state index >= 15 is 0 Å². The van der Waals surface area contributed by atoms with Crippen LogP contribution in [0.4, 0.5) is 11.6 Å². The van der Waals surface area contributed by atoms with Gasteiger partial charge in [-0.15, -0.1) is 0 Å². The Morgan fingerprint density at radius 2 is 1.80 bits per heavy atom. The number of nitrogens with zero attached hydrogens (tertiary/aromatic N) is 2. The zero-order valence-corrected chi connectivity index (χ0v) is 13.1. The summed E-state index contributed by atoms with van der Waals surface area (Å²) >= 11 is 0. The summed E-state index contributed by atoms with van der Waals surface area (Å²) in [6, 6.07) is 1.95. The van der Waals surface area contributed by atoms with Gasteiger partial charge in [-0.1, -0.05) is 27.2 Å². The molecule has 1 atom stereocenters. The second kappa shape index (κ2) is 8.74. The molecule has 1 unspecified atom stereocenters. The minimum atomic E-state index is 0.240. The van der Waals surface area contributed by atoms with Gasteiger partial charge in [0.1, 0.15) is 17.5 Å². The summed E-state index contributed by atoms with van der Waals surface area (Å²) in [5.74, 6) is 3.34. The first-order valence-corrected chi connectivity index (χ1v) is 7.58. The van der Waals surface area contributed by atoms with Gasteiger partial charge >= 0.3 is 0 Å². The maximum absolute atomic E-state index is 9.03. The molecule has 5 heteroatoms. The summed E-state index contributed by atoms with van der Waals surface area (Å²) in [4.78, 5) is 9.06. The third-order valence-corrected chi connectivity index (χ3v) is 3.30. The molecule has 1 aromatic heterocycles. The molecule has 0 radical (unpaired) electrons. The van der Waals surface area contributed by atoms with Crippen molar-refractivity contribution in [1.29, 1.82) is 0 Å². The van der Waals surface area contributed by atoms with Crippen molar-refractivity contribution in [1.82, 2.24) is 9.97 Å². The topological polar surface area (TPSA) is 70.1 Å². The lowest BCUT2D eigenvalue weighted by Crippen LogP contribution is -2.17. The van der Waals surface area contributed by atoms with Gasteiger partial charge in [0.25, 0.3) is 0 Å². The molecule has 0 fully saturated rings. The van der Waals surface area contributed by atoms with Crippen LogP contribution in [0.2, 0.25) is 0 Å². The van der Waals surface area contributed by atoms with E-state index in [2.05, 4.69) is 48.3 Å². The van der Waals surface area contributed by atoms with E-state index in [1.54, 1.807) is 0 Å². The number of anilines is 2. The van der Waals surface area contributed by atoms with Crippen LogP contribution in [-0.4, -0.2) is 34.8 Å². The molecular formula is C15H28N4O. The third kappa shape index (κ3) is 5.33. The van der Waals surface area contributed by atoms with Crippen molar-refractivity contribution >= 4 is 11.6 Å². The highest BCUT2D eigenvalue weighted by molar-refractivity contribution is 5.47. The van der Waals surface area contributed by atoms with Crippen LogP contribution in [-0.2, 0) is 0 Å². The number of hydrogen-bond donors (Lipinski definition) is 3. The molecule has 1 heterocycles. The molecule has 0 aromatic carbocycles. The molecule has 5 nitrogen and oxygen atoms in total. The van der Waals surface area contributed by atoms with Gasteiger partial charge in [-0.05, 0) is 19.3 Å². The first-order chi connectivity index (χ1) is 9.60. The Morgan fingerprint density at radius 1 is 1.15 bits per heavy atom. The van der Waals surface area contributed by atoms with Crippen molar-refractivity contribution in [2.24, 2.45) is 5.92 Å². The zero-order valence-electron chi connectivity index (χ0n) is 13.1. The molecule has 1 rings (SSSR count). The van der Waals surface area contributed by atoms with E-state index < -0.39 is 0 Å². The first-order valence-electron chi connectivity index (χ1n) is 7.58. The average Bonchev–Trinajstić information content (AvgIpc) is 2.43. The number of aliphatic hydroxyl groups excluding tert-OH is 1. The Hall–Kier alpha value is -1.36. The minimum absolute atomic E-state index is 0.240. The molecule has 0 amide bonds. The third-order valence-electron chi connectivity index (χ3n) is 3.30. The average molecular weight is 280 g/mol. The molecule has 0 bridgehead atoms. The molecule has 1 aromatic rings. The van der Waals surface area contributed by atoms with E-state index in [0.29, 0.717) is 11.8 Å². The van der Waals surface area contributed by atoms with Crippen molar-refractivity contribution in [2.45, 2.75) is 46.5 Å². The molecule has 0 spiro atoms. The second-order valence-corrected chi connectivity index (χ2v) is 5.35. The summed E-state index contributed by atoms with van der Waals surface area (Å²) in [5.41, 5.74) is 0. The van der Waals surface area contributed by atoms with Gasteiger partial charge < -0.3 is 15.7 Å². The molecule has 3 N–H and O–H groups in total. The molecule has 0 saturated carbocycles. The lowest BCUT2D eigenvalue weighted by atomic mass is 10.0. The predicted octanol–water partition coefficient (Wildman–Crippen LogP) is 2.85. The van der Waals surface area contributed by atoms with Crippen LogP contribution in [0.3, 0.4) is 0 Å². The smallest absolute Gasteiger partial charge is 0.135 e. The SMILES string of the molecule is CCNc1cc(NCC(CC)CCO)nc(C(C)C)n1. The Morgan fingerprint density at radius 3 is 2.30 bits per heavy atom. The fourth-order valence-corrected chi connectivity index (χ4v) is 1.97. The molecular weight excluding hydrogens is 252 g/mol. The number of rotatable bonds is 9. The van der Waals surface area contributed by atoms with E-state index in [-0.39, 0.29) is 6.61 Å². The van der Waals surface area contributed by atoms with Gasteiger partial charge in [-0.3, -0.25) is 0 Å². The van der Waals surface area contributed by atoms with E-state index in [4.69, 9.17) is 5.11 Å². The van der Waals surface area contributed by atoms with E-state index in [1.807, 2.05) is 6.07 Å². The Bertz CT molecular complexity index is 395. The van der Waals surface area contributed by atoms with Crippen LogP contribution in [0.1, 0.15) is 52.3 Å². The second-order valence-electron chi connectivity index (χ2n) is 5.35. The van der Waals surface area contributed by atoms with Crippen molar-refractivity contribution in [3.8, 4) is 0 Å².